The van der Waals surface area contributed by atoms with Crippen LogP contribution in [0.25, 0.3) is 0 Å². The second-order valence-electron chi connectivity index (χ2n) is 2.73. The monoisotopic (exact) mass is 276 g/mol. The smallest absolute Gasteiger partial charge is 0.310 e. The van der Waals surface area contributed by atoms with Crippen LogP contribution in [0.4, 0.5) is 0 Å². The molecule has 0 aliphatic carbocycles. The summed E-state index contributed by atoms with van der Waals surface area (Å²) in [5, 5.41) is 0.637. The fourth-order valence-electron chi connectivity index (χ4n) is 1.03. The molecule has 0 aromatic heterocycles. The number of esters is 1. The number of rotatable bonds is 3. The Kier molecular flexibility index (Phi) is 4.42. The maximum Gasteiger partial charge on any atom is 0.310 e. The predicted molar refractivity (Wildman–Crippen MR) is 59.5 cm³/mol. The number of hydrogen-bond acceptors (Lipinski definition) is 2. The average molecular weight is 278 g/mol. The summed E-state index contributed by atoms with van der Waals surface area (Å²) in [6.45, 7) is 2.20. The Morgan fingerprint density at radius 3 is 2.86 bits per heavy atom. The molecule has 76 valence electrons. The lowest BCUT2D eigenvalue weighted by Gasteiger charge is -2.03. The van der Waals surface area contributed by atoms with Gasteiger partial charge in [0.25, 0.3) is 0 Å². The summed E-state index contributed by atoms with van der Waals surface area (Å²) >= 11 is 9.11. The van der Waals surface area contributed by atoms with Crippen molar-refractivity contribution in [3.05, 3.63) is 33.3 Å². The molecule has 1 rings (SSSR count). The zero-order chi connectivity index (χ0) is 10.6. The van der Waals surface area contributed by atoms with E-state index in [1.807, 2.05) is 12.1 Å². The summed E-state index contributed by atoms with van der Waals surface area (Å²) in [6.07, 6.45) is 0.281. The normalized spacial score (nSPS) is 9.93. The largest absolute Gasteiger partial charge is 0.466 e. The highest BCUT2D eigenvalue weighted by atomic mass is 79.9. The summed E-state index contributed by atoms with van der Waals surface area (Å²) in [5.74, 6) is -0.221. The predicted octanol–water partition coefficient (Wildman–Crippen LogP) is 3.21. The van der Waals surface area contributed by atoms with Gasteiger partial charge in [-0.15, -0.1) is 0 Å². The van der Waals surface area contributed by atoms with E-state index in [9.17, 15) is 4.79 Å². The van der Waals surface area contributed by atoms with Crippen molar-refractivity contribution in [1.82, 2.24) is 0 Å². The molecular formula is C10H10BrClO2. The van der Waals surface area contributed by atoms with Crippen molar-refractivity contribution in [3.8, 4) is 0 Å². The van der Waals surface area contributed by atoms with Gasteiger partial charge in [0.1, 0.15) is 0 Å². The number of hydrogen-bond donors (Lipinski definition) is 0. The van der Waals surface area contributed by atoms with Gasteiger partial charge in [0.2, 0.25) is 0 Å². The zero-order valence-electron chi connectivity index (χ0n) is 7.72. The molecule has 0 amide bonds. The minimum Gasteiger partial charge on any atom is -0.466 e. The molecule has 1 aromatic carbocycles. The van der Waals surface area contributed by atoms with Gasteiger partial charge in [0, 0.05) is 4.47 Å². The lowest BCUT2D eigenvalue weighted by Crippen LogP contribution is -2.07. The molecule has 0 aliphatic heterocycles. The van der Waals surface area contributed by atoms with Crippen LogP contribution in [0.15, 0.2) is 22.7 Å². The van der Waals surface area contributed by atoms with Gasteiger partial charge < -0.3 is 4.74 Å². The molecule has 0 fully saturated rings. The summed E-state index contributed by atoms with van der Waals surface area (Å²) in [5.41, 5.74) is 0.889. The molecule has 1 aromatic rings. The van der Waals surface area contributed by atoms with Gasteiger partial charge in [0.05, 0.1) is 18.1 Å². The molecule has 0 spiro atoms. The number of halogens is 2. The van der Waals surface area contributed by atoms with Crippen LogP contribution in [0.2, 0.25) is 5.02 Å². The van der Waals surface area contributed by atoms with Crippen molar-refractivity contribution in [3.63, 3.8) is 0 Å². The maximum atomic E-state index is 11.1. The van der Waals surface area contributed by atoms with Gasteiger partial charge in [-0.3, -0.25) is 4.79 Å². The van der Waals surface area contributed by atoms with Crippen LogP contribution in [-0.4, -0.2) is 12.6 Å². The summed E-state index contributed by atoms with van der Waals surface area (Å²) in [6, 6.07) is 5.38. The highest BCUT2D eigenvalue weighted by molar-refractivity contribution is 9.10. The summed E-state index contributed by atoms with van der Waals surface area (Å²) in [4.78, 5) is 11.1. The number of carbonyl (C=O) groups is 1. The van der Waals surface area contributed by atoms with E-state index in [-0.39, 0.29) is 12.4 Å². The fourth-order valence-corrected chi connectivity index (χ4v) is 1.57. The SMILES string of the molecule is CCOC(=O)Cc1ccc(Cl)c(Br)c1. The number of carbonyl (C=O) groups excluding carboxylic acids is 1. The second kappa shape index (κ2) is 5.37. The minimum absolute atomic E-state index is 0.221. The van der Waals surface area contributed by atoms with Crippen molar-refractivity contribution < 1.29 is 9.53 Å². The highest BCUT2D eigenvalue weighted by Crippen LogP contribution is 2.23. The van der Waals surface area contributed by atoms with E-state index in [4.69, 9.17) is 16.3 Å². The van der Waals surface area contributed by atoms with Crippen LogP contribution in [-0.2, 0) is 16.0 Å². The third-order valence-corrected chi connectivity index (χ3v) is 2.85. The van der Waals surface area contributed by atoms with Gasteiger partial charge in [-0.1, -0.05) is 17.7 Å². The lowest BCUT2D eigenvalue weighted by atomic mass is 10.1. The molecule has 0 atom stereocenters. The number of ether oxygens (including phenoxy) is 1. The van der Waals surface area contributed by atoms with E-state index in [1.165, 1.54) is 0 Å². The van der Waals surface area contributed by atoms with E-state index in [1.54, 1.807) is 13.0 Å². The highest BCUT2D eigenvalue weighted by Gasteiger charge is 2.05. The Morgan fingerprint density at radius 2 is 2.29 bits per heavy atom. The third-order valence-electron chi connectivity index (χ3n) is 1.64. The van der Waals surface area contributed by atoms with Gasteiger partial charge >= 0.3 is 5.97 Å². The van der Waals surface area contributed by atoms with Crippen LogP contribution < -0.4 is 0 Å². The van der Waals surface area contributed by atoms with E-state index in [0.29, 0.717) is 11.6 Å². The number of benzene rings is 1. The van der Waals surface area contributed by atoms with E-state index in [0.717, 1.165) is 10.0 Å². The molecule has 0 N–H and O–H groups in total. The first kappa shape index (κ1) is 11.5. The van der Waals surface area contributed by atoms with Crippen LogP contribution in [0.3, 0.4) is 0 Å². The fraction of sp³-hybridized carbons (Fsp3) is 0.300. The maximum absolute atomic E-state index is 11.1. The molecule has 2 nitrogen and oxygen atoms in total. The average Bonchev–Trinajstić information content (AvgIpc) is 2.12. The molecule has 0 heterocycles. The van der Waals surface area contributed by atoms with Crippen LogP contribution in [0, 0.1) is 0 Å². The molecule has 0 saturated carbocycles. The van der Waals surface area contributed by atoms with Crippen molar-refractivity contribution in [2.24, 2.45) is 0 Å². The van der Waals surface area contributed by atoms with Gasteiger partial charge in [-0.25, -0.2) is 0 Å². The summed E-state index contributed by atoms with van der Waals surface area (Å²) in [7, 11) is 0. The Hall–Kier alpha value is -0.540. The molecular weight excluding hydrogens is 267 g/mol. The van der Waals surface area contributed by atoms with Crippen LogP contribution >= 0.6 is 27.5 Å². The molecule has 0 unspecified atom stereocenters. The van der Waals surface area contributed by atoms with Crippen molar-refractivity contribution in [1.29, 1.82) is 0 Å². The topological polar surface area (TPSA) is 26.3 Å². The molecule has 0 saturated heterocycles. The summed E-state index contributed by atoms with van der Waals surface area (Å²) < 4.78 is 5.62. The van der Waals surface area contributed by atoms with Crippen LogP contribution in [0.1, 0.15) is 12.5 Å². The van der Waals surface area contributed by atoms with E-state index >= 15 is 0 Å². The third kappa shape index (κ3) is 3.31. The van der Waals surface area contributed by atoms with Crippen molar-refractivity contribution in [2.75, 3.05) is 6.61 Å². The Labute approximate surface area is 96.3 Å². The quantitative estimate of drug-likeness (QED) is 0.793. The first-order valence-electron chi connectivity index (χ1n) is 4.23. The van der Waals surface area contributed by atoms with Gasteiger partial charge in [-0.2, -0.15) is 0 Å². The van der Waals surface area contributed by atoms with Crippen molar-refractivity contribution >= 4 is 33.5 Å². The Morgan fingerprint density at radius 1 is 1.57 bits per heavy atom. The standard InChI is InChI=1S/C10H10BrClO2/c1-2-14-10(13)6-7-3-4-9(12)8(11)5-7/h3-5H,2,6H2,1H3. The van der Waals surface area contributed by atoms with Gasteiger partial charge in [-0.05, 0) is 40.5 Å². The first-order chi connectivity index (χ1) is 6.63. The first-order valence-corrected chi connectivity index (χ1v) is 5.40. The Balaban J connectivity index is 2.68. The van der Waals surface area contributed by atoms with E-state index in [2.05, 4.69) is 15.9 Å². The molecule has 4 heteroatoms. The molecule has 0 bridgehead atoms. The van der Waals surface area contributed by atoms with Gasteiger partial charge in [0.15, 0.2) is 0 Å². The van der Waals surface area contributed by atoms with Crippen LogP contribution in [0.5, 0.6) is 0 Å². The minimum atomic E-state index is -0.221. The lowest BCUT2D eigenvalue weighted by molar-refractivity contribution is -0.142. The molecule has 0 aliphatic rings. The van der Waals surface area contributed by atoms with Crippen molar-refractivity contribution in [2.45, 2.75) is 13.3 Å². The Bertz CT molecular complexity index is 339. The molecule has 0 radical (unpaired) electrons. The molecule has 14 heavy (non-hydrogen) atoms. The van der Waals surface area contributed by atoms with E-state index < -0.39 is 0 Å². The zero-order valence-corrected chi connectivity index (χ0v) is 10.1. The second-order valence-corrected chi connectivity index (χ2v) is 3.99.